The molecule has 136 valence electrons. The van der Waals surface area contributed by atoms with Crippen molar-refractivity contribution in [2.45, 2.75) is 13.8 Å². The first-order valence-corrected chi connectivity index (χ1v) is 9.31. The van der Waals surface area contributed by atoms with Crippen LogP contribution >= 0.6 is 27.3 Å². The second-order valence-corrected chi connectivity index (χ2v) is 7.92. The van der Waals surface area contributed by atoms with Gasteiger partial charge in [0.25, 0.3) is 11.8 Å². The highest BCUT2D eigenvalue weighted by molar-refractivity contribution is 9.10. The van der Waals surface area contributed by atoms with Crippen molar-refractivity contribution in [1.82, 2.24) is 0 Å². The van der Waals surface area contributed by atoms with E-state index in [1.54, 1.807) is 25.1 Å². The molecule has 1 aliphatic heterocycles. The fourth-order valence-corrected chi connectivity index (χ4v) is 4.10. The lowest BCUT2D eigenvalue weighted by Crippen LogP contribution is -2.43. The number of rotatable bonds is 4. The highest BCUT2D eigenvalue weighted by Crippen LogP contribution is 2.35. The molecule has 9 heteroatoms. The van der Waals surface area contributed by atoms with Gasteiger partial charge in [-0.1, -0.05) is 15.9 Å². The van der Waals surface area contributed by atoms with Gasteiger partial charge >= 0.3 is 0 Å². The van der Waals surface area contributed by atoms with E-state index in [0.717, 1.165) is 14.9 Å². The molecule has 3 N–H and O–H groups in total. The standard InChI is InChI=1S/C17H16BrN3O4S/c1-8-9(2)26-17(15(8)16(19)24)20-13(22)6-21-11-4-3-10(18)5-12(11)25-7-14(21)23/h3-5H,6-7H2,1-2H3,(H2,19,24)(H,20,22). The van der Waals surface area contributed by atoms with Gasteiger partial charge in [-0.2, -0.15) is 0 Å². The highest BCUT2D eigenvalue weighted by Gasteiger charge is 2.28. The second kappa shape index (κ2) is 7.08. The molecule has 3 amide bonds. The van der Waals surface area contributed by atoms with Gasteiger partial charge in [-0.25, -0.2) is 0 Å². The molecule has 0 atom stereocenters. The average molecular weight is 438 g/mol. The van der Waals surface area contributed by atoms with Crippen LogP contribution in [0.1, 0.15) is 20.8 Å². The number of anilines is 2. The van der Waals surface area contributed by atoms with E-state index in [1.165, 1.54) is 16.2 Å². The molecule has 3 rings (SSSR count). The summed E-state index contributed by atoms with van der Waals surface area (Å²) >= 11 is 4.63. The maximum absolute atomic E-state index is 12.5. The monoisotopic (exact) mass is 437 g/mol. The number of hydrogen-bond donors (Lipinski definition) is 2. The first-order valence-electron chi connectivity index (χ1n) is 7.70. The molecule has 2 heterocycles. The summed E-state index contributed by atoms with van der Waals surface area (Å²) in [4.78, 5) is 38.6. The number of benzene rings is 1. The molecular weight excluding hydrogens is 422 g/mol. The Bertz CT molecular complexity index is 925. The van der Waals surface area contributed by atoms with E-state index >= 15 is 0 Å². The molecule has 26 heavy (non-hydrogen) atoms. The third-order valence-electron chi connectivity index (χ3n) is 4.05. The predicted molar refractivity (Wildman–Crippen MR) is 103 cm³/mol. The summed E-state index contributed by atoms with van der Waals surface area (Å²) in [6.07, 6.45) is 0. The SMILES string of the molecule is Cc1sc(NC(=O)CN2C(=O)COc3cc(Br)ccc32)c(C(N)=O)c1C. The lowest BCUT2D eigenvalue weighted by molar-refractivity contribution is -0.123. The zero-order valence-corrected chi connectivity index (χ0v) is 16.5. The van der Waals surface area contributed by atoms with Crippen LogP contribution in [0, 0.1) is 13.8 Å². The van der Waals surface area contributed by atoms with Crippen LogP contribution < -0.4 is 20.7 Å². The van der Waals surface area contributed by atoms with E-state index in [4.69, 9.17) is 10.5 Å². The number of halogens is 1. The van der Waals surface area contributed by atoms with Crippen molar-refractivity contribution < 1.29 is 19.1 Å². The van der Waals surface area contributed by atoms with Crippen LogP contribution in [0.3, 0.4) is 0 Å². The lowest BCUT2D eigenvalue weighted by Gasteiger charge is -2.28. The Kier molecular flexibility index (Phi) is 5.01. The van der Waals surface area contributed by atoms with E-state index in [-0.39, 0.29) is 19.1 Å². The summed E-state index contributed by atoms with van der Waals surface area (Å²) in [6, 6.07) is 5.21. The number of carbonyl (C=O) groups is 3. The lowest BCUT2D eigenvalue weighted by atomic mass is 10.1. The van der Waals surface area contributed by atoms with Crippen LogP contribution in [0.5, 0.6) is 5.75 Å². The van der Waals surface area contributed by atoms with Crippen LogP contribution in [-0.2, 0) is 9.59 Å². The van der Waals surface area contributed by atoms with Crippen molar-refractivity contribution in [3.63, 3.8) is 0 Å². The van der Waals surface area contributed by atoms with Crippen LogP contribution in [0.2, 0.25) is 0 Å². The van der Waals surface area contributed by atoms with Crippen LogP contribution in [0.25, 0.3) is 0 Å². The molecule has 0 radical (unpaired) electrons. The fraction of sp³-hybridized carbons (Fsp3) is 0.235. The summed E-state index contributed by atoms with van der Waals surface area (Å²) in [6.45, 7) is 3.30. The van der Waals surface area contributed by atoms with E-state index < -0.39 is 11.8 Å². The third-order valence-corrected chi connectivity index (χ3v) is 5.67. The highest BCUT2D eigenvalue weighted by atomic mass is 79.9. The molecular formula is C17H16BrN3O4S. The van der Waals surface area contributed by atoms with Gasteiger partial charge in [0.05, 0.1) is 11.3 Å². The number of nitrogens with one attached hydrogen (secondary N) is 1. The first kappa shape index (κ1) is 18.4. The largest absolute Gasteiger partial charge is 0.482 e. The van der Waals surface area contributed by atoms with Crippen molar-refractivity contribution in [3.05, 3.63) is 38.7 Å². The van der Waals surface area contributed by atoms with Crippen LogP contribution in [0.4, 0.5) is 10.7 Å². The van der Waals surface area contributed by atoms with Gasteiger partial charge in [0.2, 0.25) is 5.91 Å². The quantitative estimate of drug-likeness (QED) is 0.766. The Hall–Kier alpha value is -2.39. The summed E-state index contributed by atoms with van der Waals surface area (Å²) in [5.41, 5.74) is 6.99. The summed E-state index contributed by atoms with van der Waals surface area (Å²) < 4.78 is 6.22. The Balaban J connectivity index is 1.82. The Morgan fingerprint density at radius 3 is 2.81 bits per heavy atom. The summed E-state index contributed by atoms with van der Waals surface area (Å²) in [7, 11) is 0. The maximum atomic E-state index is 12.5. The molecule has 0 aliphatic carbocycles. The Morgan fingerprint density at radius 2 is 2.12 bits per heavy atom. The van der Waals surface area contributed by atoms with Gasteiger partial charge in [-0.05, 0) is 37.6 Å². The van der Waals surface area contributed by atoms with Crippen molar-refractivity contribution >= 4 is 55.7 Å². The number of primary amides is 1. The maximum Gasteiger partial charge on any atom is 0.265 e. The summed E-state index contributed by atoms with van der Waals surface area (Å²) in [5.74, 6) is -0.811. The topological polar surface area (TPSA) is 102 Å². The molecule has 2 aromatic rings. The number of nitrogens with zero attached hydrogens (tertiary/aromatic N) is 1. The first-order chi connectivity index (χ1) is 12.3. The van der Waals surface area contributed by atoms with E-state index in [0.29, 0.717) is 22.0 Å². The number of nitrogens with two attached hydrogens (primary N) is 1. The van der Waals surface area contributed by atoms with Gasteiger partial charge in [0.1, 0.15) is 17.3 Å². The van der Waals surface area contributed by atoms with E-state index in [9.17, 15) is 14.4 Å². The van der Waals surface area contributed by atoms with E-state index in [2.05, 4.69) is 21.2 Å². The van der Waals surface area contributed by atoms with Gasteiger partial charge in [0, 0.05) is 9.35 Å². The average Bonchev–Trinajstić information content (AvgIpc) is 2.84. The van der Waals surface area contributed by atoms with Gasteiger partial charge in [0.15, 0.2) is 6.61 Å². The smallest absolute Gasteiger partial charge is 0.265 e. The molecule has 7 nitrogen and oxygen atoms in total. The van der Waals surface area contributed by atoms with Crippen molar-refractivity contribution in [2.24, 2.45) is 5.73 Å². The van der Waals surface area contributed by atoms with Gasteiger partial charge in [-0.15, -0.1) is 11.3 Å². The molecule has 0 saturated heterocycles. The molecule has 1 aliphatic rings. The minimum atomic E-state index is -0.597. The van der Waals surface area contributed by atoms with E-state index in [1.807, 2.05) is 6.92 Å². The minimum Gasteiger partial charge on any atom is -0.482 e. The minimum absolute atomic E-state index is 0.138. The number of aryl methyl sites for hydroxylation is 1. The Labute approximate surface area is 162 Å². The summed E-state index contributed by atoms with van der Waals surface area (Å²) in [5, 5.41) is 3.10. The molecule has 0 unspecified atom stereocenters. The van der Waals surface area contributed by atoms with Crippen molar-refractivity contribution in [3.8, 4) is 5.75 Å². The molecule has 1 aromatic carbocycles. The zero-order chi connectivity index (χ0) is 19.0. The number of fused-ring (bicyclic) bond motifs is 1. The van der Waals surface area contributed by atoms with Crippen molar-refractivity contribution in [2.75, 3.05) is 23.4 Å². The predicted octanol–water partition coefficient (Wildman–Crippen LogP) is 2.59. The fourth-order valence-electron chi connectivity index (χ4n) is 2.67. The second-order valence-electron chi connectivity index (χ2n) is 5.78. The molecule has 0 saturated carbocycles. The van der Waals surface area contributed by atoms with Crippen molar-refractivity contribution in [1.29, 1.82) is 0 Å². The van der Waals surface area contributed by atoms with Crippen LogP contribution in [0.15, 0.2) is 22.7 Å². The van der Waals surface area contributed by atoms with Gasteiger partial charge < -0.3 is 15.8 Å². The number of amides is 3. The normalized spacial score (nSPS) is 13.2. The number of hydrogen-bond acceptors (Lipinski definition) is 5. The third kappa shape index (κ3) is 3.45. The molecule has 0 fully saturated rings. The number of thiophene rings is 1. The van der Waals surface area contributed by atoms with Gasteiger partial charge in [-0.3, -0.25) is 19.3 Å². The molecule has 0 spiro atoms. The zero-order valence-electron chi connectivity index (χ0n) is 14.1. The molecule has 1 aromatic heterocycles. The number of carbonyl (C=O) groups excluding carboxylic acids is 3. The van der Waals surface area contributed by atoms with Crippen LogP contribution in [-0.4, -0.2) is 30.9 Å². The number of ether oxygens (including phenoxy) is 1. The Morgan fingerprint density at radius 1 is 1.38 bits per heavy atom. The molecule has 0 bridgehead atoms.